The number of pyridine rings is 1. The lowest BCUT2D eigenvalue weighted by atomic mass is 10.0. The molecule has 0 saturated heterocycles. The molecule has 1 heterocycles. The van der Waals surface area contributed by atoms with Gasteiger partial charge in [0.15, 0.2) is 0 Å². The second kappa shape index (κ2) is 7.64. The van der Waals surface area contributed by atoms with Crippen molar-refractivity contribution in [3.8, 4) is 17.0 Å². The van der Waals surface area contributed by atoms with Crippen LogP contribution in [0.3, 0.4) is 0 Å². The number of fused-ring (bicyclic) bond motifs is 1. The number of aryl methyl sites for hydroxylation is 1. The zero-order valence-corrected chi connectivity index (χ0v) is 16.3. The number of amides is 1. The third-order valence-electron chi connectivity index (χ3n) is 4.76. The Bertz CT molecular complexity index is 1200. The van der Waals surface area contributed by atoms with Crippen molar-refractivity contribution in [3.63, 3.8) is 0 Å². The molecule has 0 fully saturated rings. The zero-order valence-electron chi connectivity index (χ0n) is 16.3. The Kier molecular flexibility index (Phi) is 4.87. The van der Waals surface area contributed by atoms with Gasteiger partial charge in [-0.15, -0.1) is 0 Å². The molecule has 4 rings (SSSR count). The number of benzene rings is 3. The van der Waals surface area contributed by atoms with Crippen LogP contribution < -0.4 is 15.8 Å². The monoisotopic (exact) mass is 383 g/mol. The first-order valence-corrected chi connectivity index (χ1v) is 9.27. The lowest BCUT2D eigenvalue weighted by Gasteiger charge is -2.13. The van der Waals surface area contributed by atoms with Crippen LogP contribution in [0.1, 0.15) is 15.9 Å². The number of nitrogen functional groups attached to an aromatic ring is 1. The van der Waals surface area contributed by atoms with Gasteiger partial charge in [0.05, 0.1) is 23.9 Å². The van der Waals surface area contributed by atoms with Crippen LogP contribution in [0.25, 0.3) is 22.2 Å². The molecule has 3 N–H and O–H groups in total. The molecule has 0 unspecified atom stereocenters. The van der Waals surface area contributed by atoms with Crippen LogP contribution in [0.15, 0.2) is 72.8 Å². The van der Waals surface area contributed by atoms with Gasteiger partial charge >= 0.3 is 0 Å². The van der Waals surface area contributed by atoms with Crippen molar-refractivity contribution in [2.24, 2.45) is 0 Å². The molecule has 3 aromatic carbocycles. The molecular weight excluding hydrogens is 362 g/mol. The van der Waals surface area contributed by atoms with Crippen molar-refractivity contribution >= 4 is 28.2 Å². The number of rotatable bonds is 4. The number of para-hydroxylation sites is 1. The Labute approximate surface area is 169 Å². The molecule has 0 saturated carbocycles. The predicted octanol–water partition coefficient (Wildman–Crippen LogP) is 5.05. The van der Waals surface area contributed by atoms with E-state index in [1.54, 1.807) is 31.4 Å². The summed E-state index contributed by atoms with van der Waals surface area (Å²) in [6.07, 6.45) is 0. The van der Waals surface area contributed by atoms with Crippen LogP contribution >= 0.6 is 0 Å². The van der Waals surface area contributed by atoms with Gasteiger partial charge in [-0.25, -0.2) is 4.98 Å². The Morgan fingerprint density at radius 3 is 2.52 bits per heavy atom. The second-order valence-electron chi connectivity index (χ2n) is 6.85. The molecule has 0 atom stereocenters. The van der Waals surface area contributed by atoms with Crippen LogP contribution in [-0.2, 0) is 0 Å². The van der Waals surface area contributed by atoms with E-state index in [2.05, 4.69) is 5.32 Å². The van der Waals surface area contributed by atoms with Gasteiger partial charge in [0, 0.05) is 22.3 Å². The molecule has 0 spiro atoms. The smallest absolute Gasteiger partial charge is 0.256 e. The van der Waals surface area contributed by atoms with Gasteiger partial charge < -0.3 is 15.8 Å². The SMILES string of the molecule is COc1ccc(C)cc1-c1cc(C(=O)Nc2ccc(N)cc2)c2ccccc2n1. The van der Waals surface area contributed by atoms with Crippen LogP contribution in [-0.4, -0.2) is 18.0 Å². The number of methoxy groups -OCH3 is 1. The topological polar surface area (TPSA) is 77.2 Å². The normalized spacial score (nSPS) is 10.7. The maximum atomic E-state index is 13.1. The molecule has 5 nitrogen and oxygen atoms in total. The Morgan fingerprint density at radius 2 is 1.76 bits per heavy atom. The van der Waals surface area contributed by atoms with E-state index in [1.165, 1.54) is 0 Å². The van der Waals surface area contributed by atoms with E-state index in [9.17, 15) is 4.79 Å². The number of anilines is 2. The van der Waals surface area contributed by atoms with E-state index in [4.69, 9.17) is 15.5 Å². The van der Waals surface area contributed by atoms with Crippen LogP contribution in [0.5, 0.6) is 5.75 Å². The van der Waals surface area contributed by atoms with Crippen molar-refractivity contribution in [2.45, 2.75) is 6.92 Å². The number of carbonyl (C=O) groups is 1. The van der Waals surface area contributed by atoms with Crippen molar-refractivity contribution < 1.29 is 9.53 Å². The van der Waals surface area contributed by atoms with E-state index in [1.807, 2.05) is 55.5 Å². The van der Waals surface area contributed by atoms with Crippen LogP contribution in [0.4, 0.5) is 11.4 Å². The molecule has 29 heavy (non-hydrogen) atoms. The Balaban J connectivity index is 1.84. The number of ether oxygens (including phenoxy) is 1. The third kappa shape index (κ3) is 3.75. The van der Waals surface area contributed by atoms with Gasteiger partial charge in [0.25, 0.3) is 5.91 Å². The molecule has 0 bridgehead atoms. The van der Waals surface area contributed by atoms with E-state index >= 15 is 0 Å². The van der Waals surface area contributed by atoms with Crippen LogP contribution in [0, 0.1) is 6.92 Å². The van der Waals surface area contributed by atoms with Gasteiger partial charge in [0.2, 0.25) is 0 Å². The lowest BCUT2D eigenvalue weighted by molar-refractivity contribution is 0.102. The maximum absolute atomic E-state index is 13.1. The highest BCUT2D eigenvalue weighted by Gasteiger charge is 2.16. The fourth-order valence-electron chi connectivity index (χ4n) is 3.29. The largest absolute Gasteiger partial charge is 0.496 e. The number of hydrogen-bond donors (Lipinski definition) is 2. The number of hydrogen-bond acceptors (Lipinski definition) is 4. The molecule has 5 heteroatoms. The minimum absolute atomic E-state index is 0.207. The molecule has 144 valence electrons. The lowest BCUT2D eigenvalue weighted by Crippen LogP contribution is -2.13. The van der Waals surface area contributed by atoms with Crippen molar-refractivity contribution in [1.82, 2.24) is 4.98 Å². The summed E-state index contributed by atoms with van der Waals surface area (Å²) in [7, 11) is 1.63. The van der Waals surface area contributed by atoms with E-state index in [-0.39, 0.29) is 5.91 Å². The van der Waals surface area contributed by atoms with Gasteiger partial charge in [0.1, 0.15) is 5.75 Å². The summed E-state index contributed by atoms with van der Waals surface area (Å²) in [5.74, 6) is 0.504. The Morgan fingerprint density at radius 1 is 1.00 bits per heavy atom. The first-order valence-electron chi connectivity index (χ1n) is 9.27. The summed E-state index contributed by atoms with van der Waals surface area (Å²) in [5.41, 5.74) is 11.0. The zero-order chi connectivity index (χ0) is 20.4. The average Bonchev–Trinajstić information content (AvgIpc) is 2.74. The summed E-state index contributed by atoms with van der Waals surface area (Å²) >= 11 is 0. The van der Waals surface area contributed by atoms with Gasteiger partial charge in [-0.1, -0.05) is 29.8 Å². The van der Waals surface area contributed by atoms with Gasteiger partial charge in [-0.2, -0.15) is 0 Å². The first-order chi connectivity index (χ1) is 14.0. The molecule has 1 amide bonds. The summed E-state index contributed by atoms with van der Waals surface area (Å²) in [4.78, 5) is 17.9. The minimum Gasteiger partial charge on any atom is -0.496 e. The third-order valence-corrected chi connectivity index (χ3v) is 4.76. The number of nitrogens with zero attached hydrogens (tertiary/aromatic N) is 1. The number of carbonyl (C=O) groups excluding carboxylic acids is 1. The highest BCUT2D eigenvalue weighted by Crippen LogP contribution is 2.32. The fourth-order valence-corrected chi connectivity index (χ4v) is 3.29. The molecule has 4 aromatic rings. The summed E-state index contributed by atoms with van der Waals surface area (Å²) in [6.45, 7) is 2.01. The van der Waals surface area contributed by atoms with Gasteiger partial charge in [-0.05, 0) is 55.5 Å². The van der Waals surface area contributed by atoms with E-state index in [0.29, 0.717) is 28.4 Å². The highest BCUT2D eigenvalue weighted by atomic mass is 16.5. The molecule has 0 aliphatic rings. The number of nitrogens with one attached hydrogen (secondary N) is 1. The van der Waals surface area contributed by atoms with E-state index in [0.717, 1.165) is 22.0 Å². The highest BCUT2D eigenvalue weighted by molar-refractivity contribution is 6.13. The molecule has 0 aliphatic carbocycles. The Hall–Kier alpha value is -3.86. The quantitative estimate of drug-likeness (QED) is 0.483. The van der Waals surface area contributed by atoms with Crippen molar-refractivity contribution in [2.75, 3.05) is 18.2 Å². The average molecular weight is 383 g/mol. The van der Waals surface area contributed by atoms with E-state index < -0.39 is 0 Å². The summed E-state index contributed by atoms with van der Waals surface area (Å²) in [6, 6.07) is 22.4. The van der Waals surface area contributed by atoms with Gasteiger partial charge in [-0.3, -0.25) is 4.79 Å². The maximum Gasteiger partial charge on any atom is 0.256 e. The van der Waals surface area contributed by atoms with Crippen molar-refractivity contribution in [3.05, 3.63) is 83.9 Å². The summed E-state index contributed by atoms with van der Waals surface area (Å²) < 4.78 is 5.52. The number of nitrogens with two attached hydrogens (primary N) is 1. The molecule has 1 aromatic heterocycles. The number of aromatic nitrogens is 1. The standard InChI is InChI=1S/C24H21N3O2/c1-15-7-12-23(29-2)20(13-15)22-14-19(18-5-3-4-6-21(18)27-22)24(28)26-17-10-8-16(25)9-11-17/h3-14H,25H2,1-2H3,(H,26,28). The van der Waals surface area contributed by atoms with Crippen LogP contribution in [0.2, 0.25) is 0 Å². The van der Waals surface area contributed by atoms with Crippen molar-refractivity contribution in [1.29, 1.82) is 0 Å². The molecule has 0 radical (unpaired) electrons. The first kappa shape index (κ1) is 18.5. The molecule has 0 aliphatic heterocycles. The fraction of sp³-hybridized carbons (Fsp3) is 0.0833. The molecular formula is C24H21N3O2. The second-order valence-corrected chi connectivity index (χ2v) is 6.85. The predicted molar refractivity (Wildman–Crippen MR) is 117 cm³/mol. The minimum atomic E-state index is -0.207. The summed E-state index contributed by atoms with van der Waals surface area (Å²) in [5, 5.41) is 3.73.